The minimum atomic E-state index is -0.118. The number of methoxy groups -OCH3 is 1. The number of hydrogen-bond acceptors (Lipinski definition) is 4. The molecule has 0 atom stereocenters. The van der Waals surface area contributed by atoms with Crippen LogP contribution in [0.2, 0.25) is 0 Å². The molecule has 6 heteroatoms. The first-order valence-electron chi connectivity index (χ1n) is 9.68. The van der Waals surface area contributed by atoms with Crippen molar-refractivity contribution in [2.75, 3.05) is 37.0 Å². The number of nitrogens with one attached hydrogen (secondary N) is 2. The van der Waals surface area contributed by atoms with Gasteiger partial charge in [-0.3, -0.25) is 9.59 Å². The van der Waals surface area contributed by atoms with Crippen LogP contribution in [0.3, 0.4) is 0 Å². The Balaban J connectivity index is 1.54. The van der Waals surface area contributed by atoms with E-state index in [-0.39, 0.29) is 24.2 Å². The van der Waals surface area contributed by atoms with Gasteiger partial charge in [0, 0.05) is 37.7 Å². The molecule has 1 aromatic carbocycles. The summed E-state index contributed by atoms with van der Waals surface area (Å²) < 4.78 is 5.38. The summed E-state index contributed by atoms with van der Waals surface area (Å²) >= 11 is 0. The van der Waals surface area contributed by atoms with Crippen molar-refractivity contribution in [3.05, 3.63) is 18.2 Å². The minimum absolute atomic E-state index is 0.0775. The van der Waals surface area contributed by atoms with Crippen molar-refractivity contribution >= 4 is 23.2 Å². The molecule has 0 unspecified atom stereocenters. The quantitative estimate of drug-likeness (QED) is 0.785. The lowest BCUT2D eigenvalue weighted by atomic mass is 9.85. The molecule has 1 saturated heterocycles. The number of carbonyl (C=O) groups excluding carboxylic acids is 2. The van der Waals surface area contributed by atoms with Crippen LogP contribution in [-0.4, -0.2) is 38.6 Å². The highest BCUT2D eigenvalue weighted by Crippen LogP contribution is 2.31. The molecule has 2 amide bonds. The summed E-state index contributed by atoms with van der Waals surface area (Å²) in [5.41, 5.74) is 1.80. The van der Waals surface area contributed by atoms with E-state index in [0.29, 0.717) is 18.0 Å². The molecule has 0 spiro atoms. The molecular weight excluding hydrogens is 330 g/mol. The first-order valence-corrected chi connectivity index (χ1v) is 9.68. The van der Waals surface area contributed by atoms with Crippen molar-refractivity contribution in [1.29, 1.82) is 0 Å². The van der Waals surface area contributed by atoms with Gasteiger partial charge in [0.2, 0.25) is 11.8 Å². The molecule has 2 N–H and O–H groups in total. The van der Waals surface area contributed by atoms with Gasteiger partial charge in [-0.15, -0.1) is 0 Å². The zero-order valence-corrected chi connectivity index (χ0v) is 15.6. The lowest BCUT2D eigenvalue weighted by molar-refractivity contribution is -0.127. The molecule has 1 saturated carbocycles. The number of ether oxygens (including phenoxy) is 1. The highest BCUT2D eigenvalue weighted by molar-refractivity contribution is 5.93. The van der Waals surface area contributed by atoms with Crippen LogP contribution in [-0.2, 0) is 9.59 Å². The van der Waals surface area contributed by atoms with E-state index in [1.807, 2.05) is 18.2 Å². The molecule has 1 heterocycles. The Morgan fingerprint density at radius 1 is 1.15 bits per heavy atom. The van der Waals surface area contributed by atoms with Gasteiger partial charge in [0.05, 0.1) is 12.8 Å². The van der Waals surface area contributed by atoms with Crippen molar-refractivity contribution in [3.63, 3.8) is 0 Å². The number of hydrogen-bond donors (Lipinski definition) is 2. The van der Waals surface area contributed by atoms with E-state index >= 15 is 0 Å². The van der Waals surface area contributed by atoms with Crippen LogP contribution in [0.1, 0.15) is 44.9 Å². The van der Waals surface area contributed by atoms with E-state index in [9.17, 15) is 9.59 Å². The molecule has 3 rings (SSSR count). The van der Waals surface area contributed by atoms with Gasteiger partial charge in [0.1, 0.15) is 5.75 Å². The van der Waals surface area contributed by atoms with E-state index < -0.39 is 0 Å². The van der Waals surface area contributed by atoms with Crippen LogP contribution in [0.25, 0.3) is 0 Å². The number of rotatable bonds is 7. The third-order valence-electron chi connectivity index (χ3n) is 5.31. The maximum Gasteiger partial charge on any atom is 0.226 e. The molecule has 1 aliphatic heterocycles. The van der Waals surface area contributed by atoms with Crippen molar-refractivity contribution in [2.45, 2.75) is 44.9 Å². The highest BCUT2D eigenvalue weighted by atomic mass is 16.5. The predicted octanol–water partition coefficient (Wildman–Crippen LogP) is 2.93. The summed E-state index contributed by atoms with van der Waals surface area (Å²) in [5, 5.41) is 5.78. The van der Waals surface area contributed by atoms with Gasteiger partial charge in [-0.1, -0.05) is 6.42 Å². The second kappa shape index (κ2) is 8.92. The Morgan fingerprint density at radius 3 is 2.58 bits per heavy atom. The van der Waals surface area contributed by atoms with Gasteiger partial charge in [-0.2, -0.15) is 0 Å². The third kappa shape index (κ3) is 4.68. The molecule has 1 aliphatic carbocycles. The number of amides is 2. The Morgan fingerprint density at radius 2 is 1.92 bits per heavy atom. The summed E-state index contributed by atoms with van der Waals surface area (Å²) in [6.07, 6.45) is 7.02. The molecule has 6 nitrogen and oxygen atoms in total. The van der Waals surface area contributed by atoms with Crippen molar-refractivity contribution in [3.8, 4) is 5.75 Å². The summed E-state index contributed by atoms with van der Waals surface area (Å²) in [6.45, 7) is 2.47. The topological polar surface area (TPSA) is 70.7 Å². The first-order chi connectivity index (χ1) is 12.7. The van der Waals surface area contributed by atoms with Crippen LogP contribution in [0, 0.1) is 5.92 Å². The number of anilines is 2. The van der Waals surface area contributed by atoms with Crippen LogP contribution in [0.4, 0.5) is 11.4 Å². The second-order valence-corrected chi connectivity index (χ2v) is 7.15. The smallest absolute Gasteiger partial charge is 0.226 e. The lowest BCUT2D eigenvalue weighted by Crippen LogP contribution is -2.36. The fourth-order valence-corrected chi connectivity index (χ4v) is 3.47. The molecule has 2 fully saturated rings. The second-order valence-electron chi connectivity index (χ2n) is 7.15. The number of piperidine rings is 1. The minimum Gasteiger partial charge on any atom is -0.495 e. The standard InChI is InChI=1S/C20H29N3O3/c1-26-18-9-8-16(23-12-3-2-4-13-23)14-17(18)22-19(24)10-11-21-20(25)15-6-5-7-15/h8-9,14-15H,2-7,10-13H2,1H3,(H,21,25)(H,22,24). The number of carbonyl (C=O) groups is 2. The van der Waals surface area contributed by atoms with Crippen molar-refractivity contribution in [1.82, 2.24) is 5.32 Å². The van der Waals surface area contributed by atoms with Gasteiger partial charge in [-0.25, -0.2) is 0 Å². The monoisotopic (exact) mass is 359 g/mol. The molecular formula is C20H29N3O3. The van der Waals surface area contributed by atoms with Gasteiger partial charge in [0.25, 0.3) is 0 Å². The Kier molecular flexibility index (Phi) is 6.36. The lowest BCUT2D eigenvalue weighted by Gasteiger charge is -2.29. The molecule has 0 bridgehead atoms. The fourth-order valence-electron chi connectivity index (χ4n) is 3.47. The normalized spacial score (nSPS) is 17.3. The summed E-state index contributed by atoms with van der Waals surface area (Å²) in [5.74, 6) is 0.763. The molecule has 2 aliphatic rings. The van der Waals surface area contributed by atoms with Gasteiger partial charge in [-0.05, 0) is 50.3 Å². The zero-order chi connectivity index (χ0) is 18.4. The van der Waals surface area contributed by atoms with Crippen molar-refractivity contribution in [2.24, 2.45) is 5.92 Å². The third-order valence-corrected chi connectivity index (χ3v) is 5.31. The van der Waals surface area contributed by atoms with Gasteiger partial charge >= 0.3 is 0 Å². The Bertz CT molecular complexity index is 637. The predicted molar refractivity (Wildman–Crippen MR) is 103 cm³/mol. The Hall–Kier alpha value is -2.24. The zero-order valence-electron chi connectivity index (χ0n) is 15.6. The van der Waals surface area contributed by atoms with E-state index in [0.717, 1.165) is 38.0 Å². The molecule has 26 heavy (non-hydrogen) atoms. The average Bonchev–Trinajstić information content (AvgIpc) is 2.61. The molecule has 0 aromatic heterocycles. The molecule has 0 radical (unpaired) electrons. The van der Waals surface area contributed by atoms with Crippen molar-refractivity contribution < 1.29 is 14.3 Å². The Labute approximate surface area is 155 Å². The molecule has 142 valence electrons. The largest absolute Gasteiger partial charge is 0.495 e. The first kappa shape index (κ1) is 18.5. The summed E-state index contributed by atoms with van der Waals surface area (Å²) in [7, 11) is 1.60. The molecule has 1 aromatic rings. The van der Waals surface area contributed by atoms with Crippen LogP contribution >= 0.6 is 0 Å². The van der Waals surface area contributed by atoms with Crippen LogP contribution in [0.5, 0.6) is 5.75 Å². The van der Waals surface area contributed by atoms with E-state index in [2.05, 4.69) is 15.5 Å². The highest BCUT2D eigenvalue weighted by Gasteiger charge is 2.24. The maximum absolute atomic E-state index is 12.3. The van der Waals surface area contributed by atoms with Crippen LogP contribution < -0.4 is 20.3 Å². The van der Waals surface area contributed by atoms with E-state index in [1.54, 1.807) is 7.11 Å². The number of nitrogens with zero attached hydrogens (tertiary/aromatic N) is 1. The average molecular weight is 359 g/mol. The SMILES string of the molecule is COc1ccc(N2CCCCC2)cc1NC(=O)CCNC(=O)C1CCC1. The summed E-state index contributed by atoms with van der Waals surface area (Å²) in [6, 6.07) is 5.92. The fraction of sp³-hybridized carbons (Fsp3) is 0.600. The summed E-state index contributed by atoms with van der Waals surface area (Å²) in [4.78, 5) is 26.4. The van der Waals surface area contributed by atoms with Crippen LogP contribution in [0.15, 0.2) is 18.2 Å². The van der Waals surface area contributed by atoms with E-state index in [4.69, 9.17) is 4.74 Å². The maximum atomic E-state index is 12.3. The van der Waals surface area contributed by atoms with Gasteiger partial charge < -0.3 is 20.3 Å². The van der Waals surface area contributed by atoms with Gasteiger partial charge in [0.15, 0.2) is 0 Å². The van der Waals surface area contributed by atoms with E-state index in [1.165, 1.54) is 19.3 Å². The number of benzene rings is 1.